The molecule has 0 amide bonds. The Balaban J connectivity index is 2.16. The Labute approximate surface area is 88.6 Å². The van der Waals surface area contributed by atoms with Crippen LogP contribution in [-0.2, 0) is 4.74 Å². The Hall–Kier alpha value is -0.0800. The van der Waals surface area contributed by atoms with Gasteiger partial charge in [0.25, 0.3) is 0 Å². The maximum atomic E-state index is 5.82. The van der Waals surface area contributed by atoms with E-state index in [-0.39, 0.29) is 5.60 Å². The SMILES string of the molecule is CCN1CCC(COC(C)(C)C)CC1. The van der Waals surface area contributed by atoms with Crippen molar-refractivity contribution < 1.29 is 4.74 Å². The van der Waals surface area contributed by atoms with E-state index in [0.717, 1.165) is 12.5 Å². The van der Waals surface area contributed by atoms with Gasteiger partial charge in [-0.1, -0.05) is 6.92 Å². The van der Waals surface area contributed by atoms with Gasteiger partial charge in [0.1, 0.15) is 0 Å². The number of hydrogen-bond donors (Lipinski definition) is 0. The van der Waals surface area contributed by atoms with Crippen molar-refractivity contribution in [3.05, 3.63) is 0 Å². The molecule has 0 aliphatic carbocycles. The molecule has 0 spiro atoms. The van der Waals surface area contributed by atoms with Crippen molar-refractivity contribution in [1.82, 2.24) is 4.90 Å². The lowest BCUT2D eigenvalue weighted by Gasteiger charge is -2.32. The molecule has 1 fully saturated rings. The molecule has 1 rings (SSSR count). The van der Waals surface area contributed by atoms with Crippen molar-refractivity contribution in [2.75, 3.05) is 26.2 Å². The lowest BCUT2D eigenvalue weighted by Crippen LogP contribution is -2.36. The van der Waals surface area contributed by atoms with Gasteiger partial charge < -0.3 is 9.64 Å². The van der Waals surface area contributed by atoms with E-state index in [0.29, 0.717) is 0 Å². The van der Waals surface area contributed by atoms with E-state index in [1.54, 1.807) is 0 Å². The second kappa shape index (κ2) is 5.13. The van der Waals surface area contributed by atoms with Crippen LogP contribution in [0.3, 0.4) is 0 Å². The summed E-state index contributed by atoms with van der Waals surface area (Å²) in [6, 6.07) is 0. The van der Waals surface area contributed by atoms with Gasteiger partial charge >= 0.3 is 0 Å². The number of nitrogens with zero attached hydrogens (tertiary/aromatic N) is 1. The fourth-order valence-electron chi connectivity index (χ4n) is 1.84. The van der Waals surface area contributed by atoms with E-state index < -0.39 is 0 Å². The van der Waals surface area contributed by atoms with E-state index in [4.69, 9.17) is 4.74 Å². The van der Waals surface area contributed by atoms with Crippen molar-refractivity contribution in [1.29, 1.82) is 0 Å². The number of hydrogen-bond acceptors (Lipinski definition) is 2. The molecule has 1 saturated heterocycles. The molecule has 1 heterocycles. The van der Waals surface area contributed by atoms with Crippen molar-refractivity contribution in [3.8, 4) is 0 Å². The second-order valence-corrected chi connectivity index (χ2v) is 5.30. The number of likely N-dealkylation sites (tertiary alicyclic amines) is 1. The summed E-state index contributed by atoms with van der Waals surface area (Å²) in [6.07, 6.45) is 2.62. The number of rotatable bonds is 3. The zero-order valence-corrected chi connectivity index (χ0v) is 10.2. The zero-order chi connectivity index (χ0) is 10.6. The monoisotopic (exact) mass is 199 g/mol. The van der Waals surface area contributed by atoms with Gasteiger partial charge in [-0.25, -0.2) is 0 Å². The highest BCUT2D eigenvalue weighted by Crippen LogP contribution is 2.19. The van der Waals surface area contributed by atoms with Gasteiger partial charge in [0.05, 0.1) is 12.2 Å². The first-order valence-corrected chi connectivity index (χ1v) is 5.87. The highest BCUT2D eigenvalue weighted by atomic mass is 16.5. The van der Waals surface area contributed by atoms with E-state index in [1.165, 1.54) is 32.5 Å². The fraction of sp³-hybridized carbons (Fsp3) is 1.00. The topological polar surface area (TPSA) is 12.5 Å². The first-order chi connectivity index (χ1) is 6.51. The molecule has 2 nitrogen and oxygen atoms in total. The van der Waals surface area contributed by atoms with Gasteiger partial charge in [-0.3, -0.25) is 0 Å². The van der Waals surface area contributed by atoms with Crippen molar-refractivity contribution in [2.24, 2.45) is 5.92 Å². The summed E-state index contributed by atoms with van der Waals surface area (Å²) in [4.78, 5) is 2.52. The Morgan fingerprint density at radius 2 is 1.79 bits per heavy atom. The van der Waals surface area contributed by atoms with Crippen molar-refractivity contribution in [3.63, 3.8) is 0 Å². The second-order valence-electron chi connectivity index (χ2n) is 5.30. The number of piperidine rings is 1. The molecule has 0 aromatic carbocycles. The molecule has 0 bridgehead atoms. The standard InChI is InChI=1S/C12H25NO/c1-5-13-8-6-11(7-9-13)10-14-12(2,3)4/h11H,5-10H2,1-4H3. The first kappa shape index (κ1) is 12.0. The Morgan fingerprint density at radius 1 is 1.21 bits per heavy atom. The molecule has 1 aliphatic heterocycles. The Kier molecular flexibility index (Phi) is 4.39. The molecule has 14 heavy (non-hydrogen) atoms. The number of ether oxygens (including phenoxy) is 1. The first-order valence-electron chi connectivity index (χ1n) is 5.87. The van der Waals surface area contributed by atoms with Crippen molar-refractivity contribution >= 4 is 0 Å². The molecule has 0 aromatic rings. The molecular weight excluding hydrogens is 174 g/mol. The maximum Gasteiger partial charge on any atom is 0.0598 e. The third kappa shape index (κ3) is 4.43. The van der Waals surface area contributed by atoms with Crippen LogP contribution >= 0.6 is 0 Å². The van der Waals surface area contributed by atoms with Crippen LogP contribution in [-0.4, -0.2) is 36.7 Å². The van der Waals surface area contributed by atoms with Gasteiger partial charge in [-0.2, -0.15) is 0 Å². The summed E-state index contributed by atoms with van der Waals surface area (Å²) < 4.78 is 5.82. The normalized spacial score (nSPS) is 21.4. The van der Waals surface area contributed by atoms with Gasteiger partial charge in [0.2, 0.25) is 0 Å². The van der Waals surface area contributed by atoms with Crippen LogP contribution in [0.15, 0.2) is 0 Å². The molecule has 0 radical (unpaired) electrons. The molecule has 0 unspecified atom stereocenters. The quantitative estimate of drug-likeness (QED) is 0.692. The van der Waals surface area contributed by atoms with E-state index in [1.807, 2.05) is 0 Å². The zero-order valence-electron chi connectivity index (χ0n) is 10.2. The lowest BCUT2D eigenvalue weighted by molar-refractivity contribution is -0.0322. The summed E-state index contributed by atoms with van der Waals surface area (Å²) in [5.41, 5.74) is 0.0297. The van der Waals surface area contributed by atoms with Gasteiger partial charge in [0, 0.05) is 0 Å². The highest BCUT2D eigenvalue weighted by molar-refractivity contribution is 4.72. The average Bonchev–Trinajstić information content (AvgIpc) is 2.14. The summed E-state index contributed by atoms with van der Waals surface area (Å²) in [6.45, 7) is 13.3. The molecule has 84 valence electrons. The molecular formula is C12H25NO. The van der Waals surface area contributed by atoms with E-state index in [9.17, 15) is 0 Å². The largest absolute Gasteiger partial charge is 0.376 e. The minimum absolute atomic E-state index is 0.0297. The molecule has 1 aliphatic rings. The molecule has 0 atom stereocenters. The third-order valence-corrected chi connectivity index (χ3v) is 2.91. The van der Waals surface area contributed by atoms with E-state index >= 15 is 0 Å². The predicted molar refractivity (Wildman–Crippen MR) is 60.5 cm³/mol. The van der Waals surface area contributed by atoms with Crippen LogP contribution in [0, 0.1) is 5.92 Å². The summed E-state index contributed by atoms with van der Waals surface area (Å²) in [7, 11) is 0. The molecule has 0 aromatic heterocycles. The fourth-order valence-corrected chi connectivity index (χ4v) is 1.84. The summed E-state index contributed by atoms with van der Waals surface area (Å²) in [5.74, 6) is 0.789. The maximum absolute atomic E-state index is 5.82. The molecule has 2 heteroatoms. The highest BCUT2D eigenvalue weighted by Gasteiger charge is 2.20. The molecule has 0 N–H and O–H groups in total. The summed E-state index contributed by atoms with van der Waals surface area (Å²) >= 11 is 0. The smallest absolute Gasteiger partial charge is 0.0598 e. The van der Waals surface area contributed by atoms with Crippen molar-refractivity contribution in [2.45, 2.75) is 46.1 Å². The third-order valence-electron chi connectivity index (χ3n) is 2.91. The van der Waals surface area contributed by atoms with E-state index in [2.05, 4.69) is 32.6 Å². The van der Waals surface area contributed by atoms with Crippen LogP contribution < -0.4 is 0 Å². The minimum Gasteiger partial charge on any atom is -0.376 e. The minimum atomic E-state index is 0.0297. The van der Waals surface area contributed by atoms with Gasteiger partial charge in [0.15, 0.2) is 0 Å². The average molecular weight is 199 g/mol. The van der Waals surface area contributed by atoms with Gasteiger partial charge in [-0.15, -0.1) is 0 Å². The van der Waals surface area contributed by atoms with Gasteiger partial charge in [-0.05, 0) is 59.2 Å². The lowest BCUT2D eigenvalue weighted by atomic mass is 9.97. The van der Waals surface area contributed by atoms with Crippen LogP contribution in [0.5, 0.6) is 0 Å². The van der Waals surface area contributed by atoms with Crippen LogP contribution in [0.2, 0.25) is 0 Å². The predicted octanol–water partition coefficient (Wildman–Crippen LogP) is 2.53. The molecule has 0 saturated carbocycles. The van der Waals surface area contributed by atoms with Crippen LogP contribution in [0.1, 0.15) is 40.5 Å². The summed E-state index contributed by atoms with van der Waals surface area (Å²) in [5, 5.41) is 0. The van der Waals surface area contributed by atoms with Crippen LogP contribution in [0.25, 0.3) is 0 Å². The Morgan fingerprint density at radius 3 is 2.21 bits per heavy atom. The Bertz CT molecular complexity index is 154. The van der Waals surface area contributed by atoms with Crippen LogP contribution in [0.4, 0.5) is 0 Å².